The van der Waals surface area contributed by atoms with Crippen molar-refractivity contribution in [1.82, 2.24) is 9.55 Å². The first-order valence-corrected chi connectivity index (χ1v) is 9.63. The molecular formula is C17H12BrClF9N3O. The number of hydrogen-bond acceptors (Lipinski definition) is 3. The highest BCUT2D eigenvalue weighted by Crippen LogP contribution is 2.44. The molecule has 0 unspecified atom stereocenters. The van der Waals surface area contributed by atoms with Gasteiger partial charge in [-0.1, -0.05) is 25.4 Å². The van der Waals surface area contributed by atoms with Crippen molar-refractivity contribution in [2.75, 3.05) is 5.32 Å². The van der Waals surface area contributed by atoms with E-state index in [-0.39, 0.29) is 24.6 Å². The van der Waals surface area contributed by atoms with E-state index in [2.05, 4.69) is 20.9 Å². The Morgan fingerprint density at radius 2 is 1.59 bits per heavy atom. The summed E-state index contributed by atoms with van der Waals surface area (Å²) in [5.41, 5.74) is -7.59. The number of nitrogens with zero attached hydrogens (tertiary/aromatic N) is 2. The maximum atomic E-state index is 13.3. The number of anilines is 2. The average Bonchev–Trinajstić information content (AvgIpc) is 2.59. The van der Waals surface area contributed by atoms with Gasteiger partial charge in [0.25, 0.3) is 5.56 Å². The van der Waals surface area contributed by atoms with Gasteiger partial charge >= 0.3 is 18.5 Å². The summed E-state index contributed by atoms with van der Waals surface area (Å²) in [6.45, 7) is 2.84. The summed E-state index contributed by atoms with van der Waals surface area (Å²) in [4.78, 5) is 15.6. The van der Waals surface area contributed by atoms with Crippen LogP contribution in [0.15, 0.2) is 21.4 Å². The number of hydrogen-bond donors (Lipinski definition) is 1. The van der Waals surface area contributed by atoms with Gasteiger partial charge in [0.15, 0.2) is 5.69 Å². The van der Waals surface area contributed by atoms with Crippen LogP contribution in [0.3, 0.4) is 0 Å². The molecule has 4 nitrogen and oxygen atoms in total. The Labute approximate surface area is 187 Å². The van der Waals surface area contributed by atoms with Crippen LogP contribution in [0.5, 0.6) is 0 Å². The smallest absolute Gasteiger partial charge is 0.324 e. The number of benzene rings is 1. The zero-order valence-electron chi connectivity index (χ0n) is 15.9. The molecule has 15 heteroatoms. The molecule has 1 heterocycles. The minimum Gasteiger partial charge on any atom is -0.324 e. The summed E-state index contributed by atoms with van der Waals surface area (Å²) < 4.78 is 119. The van der Waals surface area contributed by atoms with Crippen LogP contribution >= 0.6 is 27.5 Å². The summed E-state index contributed by atoms with van der Waals surface area (Å²) in [6, 6.07) is 0.0833. The summed E-state index contributed by atoms with van der Waals surface area (Å²) in [5.74, 6) is -1.31. The molecule has 1 aromatic heterocycles. The van der Waals surface area contributed by atoms with Crippen LogP contribution in [0.25, 0.3) is 0 Å². The molecule has 0 atom stereocenters. The highest BCUT2D eigenvalue weighted by Gasteiger charge is 2.40. The second kappa shape index (κ2) is 8.76. The number of nitrogens with one attached hydrogen (secondary N) is 1. The summed E-state index contributed by atoms with van der Waals surface area (Å²) >= 11 is 8.02. The lowest BCUT2D eigenvalue weighted by Gasteiger charge is -2.21. The Morgan fingerprint density at radius 1 is 1.03 bits per heavy atom. The molecule has 1 aromatic carbocycles. The van der Waals surface area contributed by atoms with Gasteiger partial charge in [-0.05, 0) is 34.0 Å². The molecule has 0 fully saturated rings. The van der Waals surface area contributed by atoms with Gasteiger partial charge in [-0.2, -0.15) is 39.5 Å². The zero-order chi connectivity index (χ0) is 24.8. The fraction of sp³-hybridized carbons (Fsp3) is 0.412. The van der Waals surface area contributed by atoms with Crippen molar-refractivity contribution in [3.8, 4) is 0 Å². The molecule has 0 bridgehead atoms. The van der Waals surface area contributed by atoms with Crippen molar-refractivity contribution < 1.29 is 39.5 Å². The monoisotopic (exact) mass is 559 g/mol. The van der Waals surface area contributed by atoms with E-state index in [1.165, 1.54) is 0 Å². The van der Waals surface area contributed by atoms with E-state index in [1.54, 1.807) is 13.8 Å². The predicted molar refractivity (Wildman–Crippen MR) is 101 cm³/mol. The highest BCUT2D eigenvalue weighted by molar-refractivity contribution is 9.10. The van der Waals surface area contributed by atoms with Gasteiger partial charge in [-0.15, -0.1) is 0 Å². The lowest BCUT2D eigenvalue weighted by molar-refractivity contribution is -0.143. The molecule has 2 rings (SSSR count). The van der Waals surface area contributed by atoms with Gasteiger partial charge < -0.3 is 5.32 Å². The molecule has 0 aliphatic heterocycles. The molecule has 0 saturated carbocycles. The van der Waals surface area contributed by atoms with E-state index >= 15 is 0 Å². The molecule has 0 aliphatic carbocycles. The minimum atomic E-state index is -5.24. The molecule has 0 saturated heterocycles. The summed E-state index contributed by atoms with van der Waals surface area (Å²) in [5, 5.41) is 0.709. The van der Waals surface area contributed by atoms with Crippen LogP contribution in [-0.4, -0.2) is 9.55 Å². The van der Waals surface area contributed by atoms with Crippen molar-refractivity contribution in [3.05, 3.63) is 48.8 Å². The first-order chi connectivity index (χ1) is 14.3. The fourth-order valence-electron chi connectivity index (χ4n) is 2.55. The maximum absolute atomic E-state index is 13.3. The number of rotatable bonds is 4. The van der Waals surface area contributed by atoms with E-state index in [4.69, 9.17) is 11.6 Å². The molecule has 0 spiro atoms. The van der Waals surface area contributed by atoms with Crippen LogP contribution in [0, 0.1) is 5.92 Å². The van der Waals surface area contributed by atoms with Gasteiger partial charge in [0.1, 0.15) is 5.02 Å². The SMILES string of the molecule is CC(C)Cn1c(Nc2cc(C(F)(F)F)cc(C(F)(F)F)c2Br)nc(C(F)(F)F)c(Cl)c1=O. The minimum absolute atomic E-state index is 0.160. The van der Waals surface area contributed by atoms with Crippen molar-refractivity contribution >= 4 is 39.2 Å². The normalized spacial score (nSPS) is 13.1. The molecule has 2 aromatic rings. The Hall–Kier alpha value is -1.96. The number of aromatic nitrogens is 2. The highest BCUT2D eigenvalue weighted by atomic mass is 79.9. The van der Waals surface area contributed by atoms with Crippen molar-refractivity contribution in [3.63, 3.8) is 0 Å². The lowest BCUT2D eigenvalue weighted by Crippen LogP contribution is -2.30. The maximum Gasteiger partial charge on any atom is 0.435 e. The van der Waals surface area contributed by atoms with E-state index in [9.17, 15) is 44.3 Å². The van der Waals surface area contributed by atoms with Crippen molar-refractivity contribution in [1.29, 1.82) is 0 Å². The quantitative estimate of drug-likeness (QED) is 0.405. The Balaban J connectivity index is 2.83. The first kappa shape index (κ1) is 26.3. The zero-order valence-corrected chi connectivity index (χ0v) is 18.2. The number of alkyl halides is 9. The molecule has 178 valence electrons. The molecule has 0 aliphatic rings. The Bertz CT molecular complexity index is 1080. The third-order valence-electron chi connectivity index (χ3n) is 3.88. The van der Waals surface area contributed by atoms with Crippen LogP contribution in [0.1, 0.15) is 30.7 Å². The van der Waals surface area contributed by atoms with Crippen LogP contribution in [-0.2, 0) is 25.1 Å². The van der Waals surface area contributed by atoms with Crippen LogP contribution in [0.2, 0.25) is 5.02 Å². The van der Waals surface area contributed by atoms with Crippen LogP contribution < -0.4 is 10.9 Å². The second-order valence-corrected chi connectivity index (χ2v) is 8.08. The second-order valence-electron chi connectivity index (χ2n) is 6.91. The van der Waals surface area contributed by atoms with E-state index < -0.39 is 62.0 Å². The van der Waals surface area contributed by atoms with Crippen molar-refractivity contribution in [2.24, 2.45) is 5.92 Å². The van der Waals surface area contributed by atoms with E-state index in [1.807, 2.05) is 5.32 Å². The molecule has 32 heavy (non-hydrogen) atoms. The Kier molecular flexibility index (Phi) is 7.20. The summed E-state index contributed by atoms with van der Waals surface area (Å²) in [7, 11) is 0. The molecule has 0 amide bonds. The predicted octanol–water partition coefficient (Wildman–Crippen LogP) is 7.12. The van der Waals surface area contributed by atoms with Gasteiger partial charge in [0, 0.05) is 6.54 Å². The first-order valence-electron chi connectivity index (χ1n) is 8.46. The van der Waals surface area contributed by atoms with Gasteiger partial charge in [0.05, 0.1) is 21.3 Å². The fourth-order valence-corrected chi connectivity index (χ4v) is 3.36. The largest absolute Gasteiger partial charge is 0.435 e. The van der Waals surface area contributed by atoms with Crippen molar-refractivity contribution in [2.45, 2.75) is 38.9 Å². The summed E-state index contributed by atoms with van der Waals surface area (Å²) in [6.07, 6.45) is -15.7. The third kappa shape index (κ3) is 5.69. The van der Waals surface area contributed by atoms with Gasteiger partial charge in [-0.25, -0.2) is 4.98 Å². The number of halogens is 11. The van der Waals surface area contributed by atoms with E-state index in [0.29, 0.717) is 4.57 Å². The lowest BCUT2D eigenvalue weighted by atomic mass is 10.1. The Morgan fingerprint density at radius 3 is 2.03 bits per heavy atom. The van der Waals surface area contributed by atoms with E-state index in [0.717, 1.165) is 0 Å². The standard InChI is InChI=1S/C17H12BrClF9N3O/c1-6(2)5-31-13(32)11(19)12(17(26,27)28)30-14(31)29-9-4-7(15(20,21)22)3-8(10(9)18)16(23,24)25/h3-4,6H,5H2,1-2H3,(H,29,30). The van der Waals surface area contributed by atoms with Gasteiger partial charge in [-0.3, -0.25) is 9.36 Å². The van der Waals surface area contributed by atoms with Gasteiger partial charge in [0.2, 0.25) is 5.95 Å². The average molecular weight is 561 g/mol. The van der Waals surface area contributed by atoms with Crippen LogP contribution in [0.4, 0.5) is 51.1 Å². The molecular weight excluding hydrogens is 549 g/mol. The third-order valence-corrected chi connectivity index (χ3v) is 5.08. The molecule has 0 radical (unpaired) electrons. The molecule has 1 N–H and O–H groups in total. The topological polar surface area (TPSA) is 46.9 Å².